The molecular formula is C19H22N2. The Balaban J connectivity index is 2.30. The molecule has 21 heavy (non-hydrogen) atoms. The van der Waals surface area contributed by atoms with E-state index in [0.717, 1.165) is 18.6 Å². The molecule has 0 fully saturated rings. The second-order valence-corrected chi connectivity index (χ2v) is 5.46. The van der Waals surface area contributed by atoms with Gasteiger partial charge in [-0.1, -0.05) is 56.3 Å². The van der Waals surface area contributed by atoms with Crippen LogP contribution in [0.4, 0.5) is 0 Å². The summed E-state index contributed by atoms with van der Waals surface area (Å²) in [6.07, 6.45) is 0. The Morgan fingerprint density at radius 1 is 0.857 bits per heavy atom. The molecule has 3 aromatic rings. The zero-order chi connectivity index (χ0) is 14.8. The molecule has 0 amide bonds. The summed E-state index contributed by atoms with van der Waals surface area (Å²) in [4.78, 5) is 7.43. The number of hydrogen-bond acceptors (Lipinski definition) is 2. The Hall–Kier alpha value is -1.93. The fourth-order valence-corrected chi connectivity index (χ4v) is 3.19. The maximum absolute atomic E-state index is 4.98. The fraction of sp³-hybridized carbons (Fsp3) is 0.316. The van der Waals surface area contributed by atoms with Crippen LogP contribution in [-0.2, 0) is 0 Å². The summed E-state index contributed by atoms with van der Waals surface area (Å²) in [6, 6.07) is 17.4. The largest absolute Gasteiger partial charge is 0.296 e. The van der Waals surface area contributed by atoms with E-state index in [2.05, 4.69) is 74.2 Å². The molecule has 0 radical (unpaired) electrons. The highest BCUT2D eigenvalue weighted by atomic mass is 15.1. The minimum Gasteiger partial charge on any atom is -0.296 e. The summed E-state index contributed by atoms with van der Waals surface area (Å²) in [5.41, 5.74) is 2.28. The van der Waals surface area contributed by atoms with E-state index in [1.807, 2.05) is 0 Å². The van der Waals surface area contributed by atoms with Gasteiger partial charge in [0.05, 0.1) is 11.2 Å². The maximum Gasteiger partial charge on any atom is 0.0712 e. The van der Waals surface area contributed by atoms with Crippen LogP contribution in [0, 0.1) is 0 Å². The van der Waals surface area contributed by atoms with Gasteiger partial charge in [-0.2, -0.15) is 0 Å². The number of nitrogens with zero attached hydrogens (tertiary/aromatic N) is 2. The summed E-state index contributed by atoms with van der Waals surface area (Å²) in [5, 5.41) is 3.82. The molecule has 1 atom stereocenters. The molecule has 1 heterocycles. The molecule has 0 saturated carbocycles. The average molecular weight is 278 g/mol. The van der Waals surface area contributed by atoms with E-state index in [0.29, 0.717) is 6.04 Å². The van der Waals surface area contributed by atoms with Gasteiger partial charge in [0, 0.05) is 16.8 Å². The van der Waals surface area contributed by atoms with Crippen molar-refractivity contribution in [2.24, 2.45) is 0 Å². The fourth-order valence-electron chi connectivity index (χ4n) is 3.19. The molecule has 0 N–H and O–H groups in total. The topological polar surface area (TPSA) is 16.1 Å². The number of pyridine rings is 1. The van der Waals surface area contributed by atoms with Crippen LogP contribution in [-0.4, -0.2) is 23.0 Å². The van der Waals surface area contributed by atoms with Crippen molar-refractivity contribution < 1.29 is 0 Å². The molecule has 0 spiro atoms. The maximum atomic E-state index is 4.98. The van der Waals surface area contributed by atoms with E-state index in [1.165, 1.54) is 21.9 Å². The zero-order valence-electron chi connectivity index (χ0n) is 13.0. The van der Waals surface area contributed by atoms with Gasteiger partial charge < -0.3 is 0 Å². The van der Waals surface area contributed by atoms with Gasteiger partial charge in [0.2, 0.25) is 0 Å². The summed E-state index contributed by atoms with van der Waals surface area (Å²) in [7, 11) is 0. The van der Waals surface area contributed by atoms with Crippen LogP contribution in [0.1, 0.15) is 32.5 Å². The zero-order valence-corrected chi connectivity index (χ0v) is 13.0. The second kappa shape index (κ2) is 5.82. The second-order valence-electron chi connectivity index (χ2n) is 5.46. The standard InChI is InChI=1S/C19H22N2/c1-4-21(5-2)14(3)19-17-12-7-6-10-15(17)16-11-8-9-13-18(16)20-19/h6-14H,4-5H2,1-3H3. The molecule has 0 aliphatic heterocycles. The smallest absolute Gasteiger partial charge is 0.0712 e. The number of fused-ring (bicyclic) bond motifs is 3. The number of benzene rings is 2. The van der Waals surface area contributed by atoms with Crippen LogP contribution in [0.2, 0.25) is 0 Å². The van der Waals surface area contributed by atoms with E-state index < -0.39 is 0 Å². The van der Waals surface area contributed by atoms with Gasteiger partial charge in [-0.15, -0.1) is 0 Å². The molecule has 2 aromatic carbocycles. The molecule has 2 nitrogen and oxygen atoms in total. The minimum atomic E-state index is 0.328. The highest BCUT2D eigenvalue weighted by Crippen LogP contribution is 2.31. The van der Waals surface area contributed by atoms with Crippen molar-refractivity contribution in [3.05, 3.63) is 54.2 Å². The summed E-state index contributed by atoms with van der Waals surface area (Å²) >= 11 is 0. The number of para-hydroxylation sites is 1. The highest BCUT2D eigenvalue weighted by Gasteiger charge is 2.18. The average Bonchev–Trinajstić information content (AvgIpc) is 2.55. The van der Waals surface area contributed by atoms with Crippen LogP contribution in [0.15, 0.2) is 48.5 Å². The first-order chi connectivity index (χ1) is 10.3. The van der Waals surface area contributed by atoms with Crippen molar-refractivity contribution in [3.63, 3.8) is 0 Å². The first-order valence-electron chi connectivity index (χ1n) is 7.77. The van der Waals surface area contributed by atoms with Crippen molar-refractivity contribution in [3.8, 4) is 0 Å². The van der Waals surface area contributed by atoms with E-state index in [9.17, 15) is 0 Å². The quantitative estimate of drug-likeness (QED) is 0.638. The van der Waals surface area contributed by atoms with Gasteiger partial charge in [0.1, 0.15) is 0 Å². The van der Waals surface area contributed by atoms with Gasteiger partial charge in [-0.25, -0.2) is 0 Å². The van der Waals surface area contributed by atoms with Crippen molar-refractivity contribution in [1.82, 2.24) is 9.88 Å². The van der Waals surface area contributed by atoms with Crippen LogP contribution >= 0.6 is 0 Å². The van der Waals surface area contributed by atoms with Gasteiger partial charge in [-0.05, 0) is 31.5 Å². The Morgan fingerprint density at radius 2 is 1.43 bits per heavy atom. The summed E-state index contributed by atoms with van der Waals surface area (Å²) < 4.78 is 0. The predicted octanol–water partition coefficient (Wildman–Crippen LogP) is 4.79. The minimum absolute atomic E-state index is 0.328. The van der Waals surface area contributed by atoms with E-state index in [-0.39, 0.29) is 0 Å². The lowest BCUT2D eigenvalue weighted by Crippen LogP contribution is -2.27. The van der Waals surface area contributed by atoms with Gasteiger partial charge >= 0.3 is 0 Å². The number of aromatic nitrogens is 1. The van der Waals surface area contributed by atoms with E-state index >= 15 is 0 Å². The number of hydrogen-bond donors (Lipinski definition) is 0. The molecule has 108 valence electrons. The van der Waals surface area contributed by atoms with Crippen molar-refractivity contribution in [2.45, 2.75) is 26.8 Å². The first kappa shape index (κ1) is 14.0. The third kappa shape index (κ3) is 2.40. The molecule has 2 heteroatoms. The Kier molecular flexibility index (Phi) is 3.89. The third-order valence-corrected chi connectivity index (χ3v) is 4.39. The van der Waals surface area contributed by atoms with Crippen molar-refractivity contribution in [2.75, 3.05) is 13.1 Å². The van der Waals surface area contributed by atoms with E-state index in [1.54, 1.807) is 0 Å². The van der Waals surface area contributed by atoms with Crippen molar-refractivity contribution >= 4 is 21.7 Å². The molecular weight excluding hydrogens is 256 g/mol. The lowest BCUT2D eigenvalue weighted by Gasteiger charge is -2.27. The van der Waals surface area contributed by atoms with Crippen LogP contribution in [0.25, 0.3) is 21.7 Å². The summed E-state index contributed by atoms with van der Waals surface area (Å²) in [6.45, 7) is 8.77. The molecule has 3 rings (SSSR count). The molecule has 1 unspecified atom stereocenters. The number of rotatable bonds is 4. The van der Waals surface area contributed by atoms with Crippen LogP contribution in [0.3, 0.4) is 0 Å². The van der Waals surface area contributed by atoms with E-state index in [4.69, 9.17) is 4.98 Å². The molecule has 1 aromatic heterocycles. The predicted molar refractivity (Wildman–Crippen MR) is 90.6 cm³/mol. The van der Waals surface area contributed by atoms with Crippen LogP contribution < -0.4 is 0 Å². The molecule has 0 bridgehead atoms. The van der Waals surface area contributed by atoms with Gasteiger partial charge in [-0.3, -0.25) is 9.88 Å². The first-order valence-corrected chi connectivity index (χ1v) is 7.77. The lowest BCUT2D eigenvalue weighted by atomic mass is 10.0. The van der Waals surface area contributed by atoms with Crippen LogP contribution in [0.5, 0.6) is 0 Å². The Labute approximate surface area is 126 Å². The van der Waals surface area contributed by atoms with Gasteiger partial charge in [0.25, 0.3) is 0 Å². The normalized spacial score (nSPS) is 13.1. The molecule has 0 aliphatic rings. The molecule has 0 aliphatic carbocycles. The van der Waals surface area contributed by atoms with Gasteiger partial charge in [0.15, 0.2) is 0 Å². The Morgan fingerprint density at radius 3 is 2.10 bits per heavy atom. The Bertz CT molecular complexity index is 760. The monoisotopic (exact) mass is 278 g/mol. The molecule has 0 saturated heterocycles. The lowest BCUT2D eigenvalue weighted by molar-refractivity contribution is 0.232. The highest BCUT2D eigenvalue weighted by molar-refractivity contribution is 6.06. The van der Waals surface area contributed by atoms with Crippen molar-refractivity contribution in [1.29, 1.82) is 0 Å². The SMILES string of the molecule is CCN(CC)C(C)c1nc2ccccc2c2ccccc12. The third-order valence-electron chi connectivity index (χ3n) is 4.39. The summed E-state index contributed by atoms with van der Waals surface area (Å²) in [5.74, 6) is 0.